The number of allylic oxidation sites excluding steroid dienone is 2. The summed E-state index contributed by atoms with van der Waals surface area (Å²) in [5, 5.41) is 3.45. The van der Waals surface area contributed by atoms with Gasteiger partial charge in [-0.15, -0.1) is 0 Å². The van der Waals surface area contributed by atoms with Gasteiger partial charge >= 0.3 is 0 Å². The molecule has 3 unspecified atom stereocenters. The van der Waals surface area contributed by atoms with E-state index in [-0.39, 0.29) is 5.78 Å². The highest BCUT2D eigenvalue weighted by Gasteiger charge is 2.41. The van der Waals surface area contributed by atoms with Crippen molar-refractivity contribution in [2.24, 2.45) is 0 Å². The largest absolute Gasteiger partial charge is 0.383 e. The highest BCUT2D eigenvalue weighted by Crippen LogP contribution is 2.35. The van der Waals surface area contributed by atoms with Gasteiger partial charge in [0, 0.05) is 18.2 Å². The van der Waals surface area contributed by atoms with Crippen molar-refractivity contribution < 1.29 is 9.53 Å². The summed E-state index contributed by atoms with van der Waals surface area (Å²) in [4.78, 5) is 11.0. The van der Waals surface area contributed by atoms with E-state index in [4.69, 9.17) is 4.74 Å². The van der Waals surface area contributed by atoms with Crippen molar-refractivity contribution in [3.8, 4) is 0 Å². The van der Waals surface area contributed by atoms with Gasteiger partial charge in [0.05, 0.1) is 18.2 Å². The Hall–Kier alpha value is -0.830. The van der Waals surface area contributed by atoms with E-state index in [9.17, 15) is 4.79 Å². The van der Waals surface area contributed by atoms with E-state index in [2.05, 4.69) is 5.32 Å². The van der Waals surface area contributed by atoms with E-state index in [1.807, 2.05) is 0 Å². The van der Waals surface area contributed by atoms with Crippen LogP contribution in [0.2, 0.25) is 0 Å². The molecule has 76 valence electrons. The lowest BCUT2D eigenvalue weighted by Crippen LogP contribution is -2.36. The zero-order valence-corrected chi connectivity index (χ0v) is 8.16. The Morgan fingerprint density at radius 3 is 2.86 bits per heavy atom. The van der Waals surface area contributed by atoms with Crippen LogP contribution in [0.25, 0.3) is 0 Å². The molecule has 2 bridgehead atoms. The normalized spacial score (nSPS) is 40.4. The number of carbonyl (C=O) groups excluding carboxylic acids is 1. The van der Waals surface area contributed by atoms with Crippen molar-refractivity contribution >= 4 is 5.78 Å². The smallest absolute Gasteiger partial charge is 0.157 e. The van der Waals surface area contributed by atoms with E-state index in [1.165, 1.54) is 12.8 Å². The minimum Gasteiger partial charge on any atom is -0.383 e. The molecule has 2 heterocycles. The first-order valence-corrected chi connectivity index (χ1v) is 5.46. The number of hydrogen-bond donors (Lipinski definition) is 1. The maximum Gasteiger partial charge on any atom is 0.157 e. The van der Waals surface area contributed by atoms with Crippen LogP contribution in [0.1, 0.15) is 32.1 Å². The number of rotatable bonds is 2. The quantitative estimate of drug-likeness (QED) is 0.714. The molecule has 3 atom stereocenters. The molecule has 2 aliphatic heterocycles. The van der Waals surface area contributed by atoms with Crippen LogP contribution in [0.5, 0.6) is 0 Å². The van der Waals surface area contributed by atoms with Gasteiger partial charge in [-0.2, -0.15) is 0 Å². The van der Waals surface area contributed by atoms with Crippen LogP contribution in [-0.2, 0) is 9.53 Å². The highest BCUT2D eigenvalue weighted by molar-refractivity contribution is 5.92. The number of ether oxygens (including phenoxy) is 1. The lowest BCUT2D eigenvalue weighted by atomic mass is 9.95. The van der Waals surface area contributed by atoms with Gasteiger partial charge in [0.2, 0.25) is 0 Å². The van der Waals surface area contributed by atoms with Gasteiger partial charge < -0.3 is 10.1 Å². The number of carbonyl (C=O) groups is 1. The molecule has 0 aromatic carbocycles. The van der Waals surface area contributed by atoms with Gasteiger partial charge in [0.1, 0.15) is 0 Å². The average molecular weight is 193 g/mol. The third-order valence-corrected chi connectivity index (χ3v) is 3.45. The van der Waals surface area contributed by atoms with Gasteiger partial charge in [0.15, 0.2) is 5.78 Å². The summed E-state index contributed by atoms with van der Waals surface area (Å²) in [5.74, 6) is 0.261. The summed E-state index contributed by atoms with van der Waals surface area (Å²) in [6.45, 7) is 0. The molecule has 0 saturated carbocycles. The van der Waals surface area contributed by atoms with Crippen LogP contribution in [0.3, 0.4) is 0 Å². The molecule has 1 N–H and O–H groups in total. The summed E-state index contributed by atoms with van der Waals surface area (Å²) in [7, 11) is 0. The highest BCUT2D eigenvalue weighted by atomic mass is 16.5. The van der Waals surface area contributed by atoms with Crippen molar-refractivity contribution in [3.05, 3.63) is 11.8 Å². The van der Waals surface area contributed by atoms with Crippen LogP contribution in [0.4, 0.5) is 0 Å². The van der Waals surface area contributed by atoms with Crippen LogP contribution >= 0.6 is 0 Å². The second-order valence-corrected chi connectivity index (χ2v) is 4.50. The molecule has 14 heavy (non-hydrogen) atoms. The fourth-order valence-corrected chi connectivity index (χ4v) is 2.74. The molecule has 0 aromatic rings. The van der Waals surface area contributed by atoms with E-state index in [0.717, 1.165) is 18.5 Å². The first-order chi connectivity index (χ1) is 6.81. The Morgan fingerprint density at radius 1 is 1.36 bits per heavy atom. The molecule has 2 fully saturated rings. The van der Waals surface area contributed by atoms with Crippen molar-refractivity contribution in [1.82, 2.24) is 5.32 Å². The van der Waals surface area contributed by atoms with Crippen molar-refractivity contribution in [2.75, 3.05) is 0 Å². The second kappa shape index (κ2) is 3.09. The Kier molecular flexibility index (Phi) is 1.87. The fraction of sp³-hybridized carbons (Fsp3) is 0.727. The molecule has 0 aromatic heterocycles. The first-order valence-electron chi connectivity index (χ1n) is 5.46. The minimum atomic E-state index is 0.261. The molecule has 2 saturated heterocycles. The maximum absolute atomic E-state index is 11.0. The molecular formula is C11H15NO2. The number of fused-ring (bicyclic) bond motifs is 2. The average Bonchev–Trinajstić information content (AvgIpc) is 2.82. The lowest BCUT2D eigenvalue weighted by molar-refractivity contribution is -0.114. The second-order valence-electron chi connectivity index (χ2n) is 4.50. The third-order valence-electron chi connectivity index (χ3n) is 3.45. The van der Waals surface area contributed by atoms with Gasteiger partial charge in [-0.1, -0.05) is 0 Å². The topological polar surface area (TPSA) is 38.3 Å². The van der Waals surface area contributed by atoms with Crippen molar-refractivity contribution in [2.45, 2.75) is 50.4 Å². The molecule has 0 spiro atoms. The zero-order valence-electron chi connectivity index (χ0n) is 8.16. The Balaban J connectivity index is 1.63. The van der Waals surface area contributed by atoms with Gasteiger partial charge in [-0.25, -0.2) is 0 Å². The Bertz CT molecular complexity index is 298. The molecule has 0 amide bonds. The van der Waals surface area contributed by atoms with E-state index in [1.54, 1.807) is 6.08 Å². The summed E-state index contributed by atoms with van der Waals surface area (Å²) in [5.41, 5.74) is 1.12. The number of ketones is 1. The van der Waals surface area contributed by atoms with E-state index < -0.39 is 0 Å². The SMILES string of the molecule is O=C1C=C(NC2CC3CCC2O3)CC1. The van der Waals surface area contributed by atoms with Crippen LogP contribution in [0, 0.1) is 0 Å². The van der Waals surface area contributed by atoms with E-state index >= 15 is 0 Å². The molecule has 3 heteroatoms. The van der Waals surface area contributed by atoms with Crippen LogP contribution in [-0.4, -0.2) is 24.0 Å². The molecule has 3 nitrogen and oxygen atoms in total. The lowest BCUT2D eigenvalue weighted by Gasteiger charge is -2.21. The first kappa shape index (κ1) is 8.48. The van der Waals surface area contributed by atoms with Gasteiger partial charge in [0.25, 0.3) is 0 Å². The predicted molar refractivity (Wildman–Crippen MR) is 51.8 cm³/mol. The molecule has 3 rings (SSSR count). The van der Waals surface area contributed by atoms with E-state index in [0.29, 0.717) is 24.7 Å². The molecule has 0 radical (unpaired) electrons. The molecular weight excluding hydrogens is 178 g/mol. The van der Waals surface area contributed by atoms with Crippen LogP contribution < -0.4 is 5.32 Å². The summed E-state index contributed by atoms with van der Waals surface area (Å²) >= 11 is 0. The monoisotopic (exact) mass is 193 g/mol. The fourth-order valence-electron chi connectivity index (χ4n) is 2.74. The summed E-state index contributed by atoms with van der Waals surface area (Å²) in [6.07, 6.45) is 7.75. The molecule has 3 aliphatic rings. The standard InChI is InChI=1S/C11H15NO2/c13-8-2-1-7(5-8)12-10-6-9-3-4-11(10)14-9/h5,9-12H,1-4,6H2. The summed E-state index contributed by atoms with van der Waals surface area (Å²) in [6, 6.07) is 0.464. The van der Waals surface area contributed by atoms with Crippen molar-refractivity contribution in [1.29, 1.82) is 0 Å². The van der Waals surface area contributed by atoms with Gasteiger partial charge in [-0.05, 0) is 25.7 Å². The van der Waals surface area contributed by atoms with Gasteiger partial charge in [-0.3, -0.25) is 4.79 Å². The van der Waals surface area contributed by atoms with Crippen molar-refractivity contribution in [3.63, 3.8) is 0 Å². The number of hydrogen-bond acceptors (Lipinski definition) is 3. The Morgan fingerprint density at radius 2 is 2.29 bits per heavy atom. The summed E-state index contributed by atoms with van der Waals surface area (Å²) < 4.78 is 5.75. The maximum atomic E-state index is 11.0. The predicted octanol–water partition coefficient (Wildman–Crippen LogP) is 1.14. The number of nitrogens with one attached hydrogen (secondary N) is 1. The van der Waals surface area contributed by atoms with Crippen LogP contribution in [0.15, 0.2) is 11.8 Å². The Labute approximate surface area is 83.5 Å². The molecule has 1 aliphatic carbocycles. The minimum absolute atomic E-state index is 0.261. The third kappa shape index (κ3) is 1.36. The zero-order chi connectivity index (χ0) is 9.54.